The van der Waals surface area contributed by atoms with Crippen molar-refractivity contribution in [2.75, 3.05) is 19.8 Å². The molecule has 0 aliphatic carbocycles. The van der Waals surface area contributed by atoms with Gasteiger partial charge in [-0.05, 0) is 23.6 Å². The predicted molar refractivity (Wildman–Crippen MR) is 103 cm³/mol. The topological polar surface area (TPSA) is 45.6 Å². The van der Waals surface area contributed by atoms with Crippen molar-refractivity contribution in [3.05, 3.63) is 78.0 Å². The fraction of sp³-hybridized carbons (Fsp3) is 0.318. The molecule has 26 heavy (non-hydrogen) atoms. The van der Waals surface area contributed by atoms with Crippen LogP contribution >= 0.6 is 0 Å². The molecule has 2 heterocycles. The number of hydrogen-bond acceptors (Lipinski definition) is 4. The molecule has 1 aliphatic rings. The van der Waals surface area contributed by atoms with Gasteiger partial charge in [0.25, 0.3) is 0 Å². The number of aromatic nitrogens is 1. The lowest BCUT2D eigenvalue weighted by atomic mass is 10.00. The molecule has 0 saturated carbocycles. The van der Waals surface area contributed by atoms with Crippen LogP contribution in [0.1, 0.15) is 23.7 Å². The minimum atomic E-state index is -0.476. The molecule has 134 valence electrons. The van der Waals surface area contributed by atoms with Gasteiger partial charge in [0.2, 0.25) is 0 Å². The van der Waals surface area contributed by atoms with Crippen LogP contribution in [0.5, 0.6) is 0 Å². The highest BCUT2D eigenvalue weighted by atomic mass is 16.5. The van der Waals surface area contributed by atoms with Gasteiger partial charge in [0.15, 0.2) is 0 Å². The molecular weight excluding hydrogens is 324 g/mol. The fourth-order valence-corrected chi connectivity index (χ4v) is 3.70. The van der Waals surface area contributed by atoms with Crippen molar-refractivity contribution < 1.29 is 9.84 Å². The number of hydrogen-bond donors (Lipinski definition) is 1. The molecule has 1 fully saturated rings. The SMILES string of the molecule is O[C@H](C[C@@H]1COCCN1Cc1cccc2cccnc12)c1ccccc1. The van der Waals surface area contributed by atoms with Crippen LogP contribution in [0, 0.1) is 0 Å². The molecule has 4 nitrogen and oxygen atoms in total. The summed E-state index contributed by atoms with van der Waals surface area (Å²) in [6, 6.07) is 20.5. The minimum Gasteiger partial charge on any atom is -0.388 e. The van der Waals surface area contributed by atoms with E-state index < -0.39 is 6.10 Å². The summed E-state index contributed by atoms with van der Waals surface area (Å²) in [7, 11) is 0. The van der Waals surface area contributed by atoms with Crippen LogP contribution in [0.4, 0.5) is 0 Å². The van der Waals surface area contributed by atoms with Gasteiger partial charge in [-0.3, -0.25) is 9.88 Å². The Kier molecular flexibility index (Phi) is 5.25. The van der Waals surface area contributed by atoms with Crippen molar-refractivity contribution in [3.63, 3.8) is 0 Å². The molecule has 0 unspecified atom stereocenters. The Morgan fingerprint density at radius 2 is 1.92 bits per heavy atom. The van der Waals surface area contributed by atoms with E-state index in [1.807, 2.05) is 42.6 Å². The Labute approximate surface area is 154 Å². The maximum atomic E-state index is 10.6. The number of nitrogens with zero attached hydrogens (tertiary/aromatic N) is 2. The van der Waals surface area contributed by atoms with E-state index in [4.69, 9.17) is 4.74 Å². The lowest BCUT2D eigenvalue weighted by Crippen LogP contribution is -2.45. The summed E-state index contributed by atoms with van der Waals surface area (Å²) in [5.74, 6) is 0. The third kappa shape index (κ3) is 3.78. The van der Waals surface area contributed by atoms with Gasteiger partial charge in [0.05, 0.1) is 24.8 Å². The zero-order valence-corrected chi connectivity index (χ0v) is 14.8. The van der Waals surface area contributed by atoms with Gasteiger partial charge in [-0.25, -0.2) is 0 Å². The summed E-state index contributed by atoms with van der Waals surface area (Å²) in [6.07, 6.45) is 2.04. The highest BCUT2D eigenvalue weighted by Crippen LogP contribution is 2.25. The maximum Gasteiger partial charge on any atom is 0.0805 e. The molecule has 1 aromatic heterocycles. The van der Waals surface area contributed by atoms with Crippen LogP contribution in [0.15, 0.2) is 66.9 Å². The van der Waals surface area contributed by atoms with Crippen LogP contribution in [-0.2, 0) is 11.3 Å². The second-order valence-electron chi connectivity index (χ2n) is 6.85. The molecule has 0 bridgehead atoms. The Morgan fingerprint density at radius 3 is 2.81 bits per heavy atom. The van der Waals surface area contributed by atoms with Crippen molar-refractivity contribution in [1.82, 2.24) is 9.88 Å². The van der Waals surface area contributed by atoms with Gasteiger partial charge in [0, 0.05) is 30.7 Å². The highest BCUT2D eigenvalue weighted by Gasteiger charge is 2.26. The van der Waals surface area contributed by atoms with E-state index in [2.05, 4.69) is 34.1 Å². The summed E-state index contributed by atoms with van der Waals surface area (Å²) in [5.41, 5.74) is 3.25. The lowest BCUT2D eigenvalue weighted by Gasteiger charge is -2.36. The van der Waals surface area contributed by atoms with Crippen molar-refractivity contribution in [3.8, 4) is 0 Å². The largest absolute Gasteiger partial charge is 0.388 e. The van der Waals surface area contributed by atoms with E-state index in [1.165, 1.54) is 10.9 Å². The second kappa shape index (κ2) is 7.96. The standard InChI is InChI=1S/C22H24N2O2/c25-21(17-6-2-1-3-7-17)14-20-16-26-13-12-24(20)15-19-9-4-8-18-10-5-11-23-22(18)19/h1-11,20-21,25H,12-16H2/t20-,21-/m1/s1. The molecule has 1 N–H and O–H groups in total. The Bertz CT molecular complexity index is 848. The molecule has 4 heteroatoms. The number of pyridine rings is 1. The molecule has 2 aromatic carbocycles. The van der Waals surface area contributed by atoms with Gasteiger partial charge in [-0.15, -0.1) is 0 Å². The monoisotopic (exact) mass is 348 g/mol. The zero-order valence-electron chi connectivity index (χ0n) is 14.8. The number of rotatable bonds is 5. The first-order valence-electron chi connectivity index (χ1n) is 9.19. The Balaban J connectivity index is 1.52. The molecule has 0 spiro atoms. The number of aliphatic hydroxyl groups is 1. The van der Waals surface area contributed by atoms with Gasteiger partial charge in [0.1, 0.15) is 0 Å². The van der Waals surface area contributed by atoms with Crippen LogP contribution in [0.3, 0.4) is 0 Å². The molecule has 3 aromatic rings. The number of benzene rings is 2. The number of para-hydroxylation sites is 1. The Morgan fingerprint density at radius 1 is 1.08 bits per heavy atom. The second-order valence-corrected chi connectivity index (χ2v) is 6.85. The normalized spacial score (nSPS) is 19.5. The molecule has 0 amide bonds. The smallest absolute Gasteiger partial charge is 0.0805 e. The molecule has 1 aliphatic heterocycles. The summed E-state index contributed by atoms with van der Waals surface area (Å²) in [4.78, 5) is 6.99. The molecular formula is C22H24N2O2. The fourth-order valence-electron chi connectivity index (χ4n) is 3.70. The van der Waals surface area contributed by atoms with E-state index >= 15 is 0 Å². The van der Waals surface area contributed by atoms with Crippen molar-refractivity contribution >= 4 is 10.9 Å². The van der Waals surface area contributed by atoms with Crippen molar-refractivity contribution in [1.29, 1.82) is 0 Å². The van der Waals surface area contributed by atoms with Crippen molar-refractivity contribution in [2.45, 2.75) is 25.1 Å². The third-order valence-electron chi connectivity index (χ3n) is 5.12. The number of morpholine rings is 1. The molecule has 4 rings (SSSR count). The Hall–Kier alpha value is -2.27. The summed E-state index contributed by atoms with van der Waals surface area (Å²) in [5, 5.41) is 11.8. The average molecular weight is 348 g/mol. The average Bonchev–Trinajstić information content (AvgIpc) is 2.70. The van der Waals surface area contributed by atoms with Gasteiger partial charge >= 0.3 is 0 Å². The highest BCUT2D eigenvalue weighted by molar-refractivity contribution is 5.81. The van der Waals surface area contributed by atoms with Crippen LogP contribution in [0.25, 0.3) is 10.9 Å². The van der Waals surface area contributed by atoms with E-state index in [0.717, 1.165) is 30.8 Å². The predicted octanol–water partition coefficient (Wildman–Crippen LogP) is 3.56. The number of aliphatic hydroxyl groups excluding tert-OH is 1. The maximum absolute atomic E-state index is 10.6. The first kappa shape index (κ1) is 17.2. The minimum absolute atomic E-state index is 0.193. The van der Waals surface area contributed by atoms with Crippen LogP contribution in [-0.4, -0.2) is 40.8 Å². The zero-order chi connectivity index (χ0) is 17.8. The first-order valence-corrected chi connectivity index (χ1v) is 9.19. The van der Waals surface area contributed by atoms with Gasteiger partial charge in [-0.1, -0.05) is 54.6 Å². The number of ether oxygens (including phenoxy) is 1. The van der Waals surface area contributed by atoms with E-state index in [9.17, 15) is 5.11 Å². The van der Waals surface area contributed by atoms with Crippen LogP contribution in [0.2, 0.25) is 0 Å². The van der Waals surface area contributed by atoms with Gasteiger partial charge < -0.3 is 9.84 Å². The van der Waals surface area contributed by atoms with Crippen molar-refractivity contribution in [2.24, 2.45) is 0 Å². The number of fused-ring (bicyclic) bond motifs is 1. The quantitative estimate of drug-likeness (QED) is 0.766. The van der Waals surface area contributed by atoms with E-state index in [1.54, 1.807) is 0 Å². The summed E-state index contributed by atoms with van der Waals surface area (Å²) >= 11 is 0. The summed E-state index contributed by atoms with van der Waals surface area (Å²) in [6.45, 7) is 3.08. The lowest BCUT2D eigenvalue weighted by molar-refractivity contribution is -0.0298. The molecule has 0 radical (unpaired) electrons. The van der Waals surface area contributed by atoms with E-state index in [0.29, 0.717) is 13.0 Å². The summed E-state index contributed by atoms with van der Waals surface area (Å²) < 4.78 is 5.71. The van der Waals surface area contributed by atoms with Crippen LogP contribution < -0.4 is 0 Å². The molecule has 2 atom stereocenters. The van der Waals surface area contributed by atoms with Gasteiger partial charge in [-0.2, -0.15) is 0 Å². The first-order chi connectivity index (χ1) is 12.8. The third-order valence-corrected chi connectivity index (χ3v) is 5.12. The van der Waals surface area contributed by atoms with E-state index in [-0.39, 0.29) is 6.04 Å². The molecule has 1 saturated heterocycles.